The number of H-pyrrole nitrogens is 3. The first-order valence-corrected chi connectivity index (χ1v) is 17.8. The van der Waals surface area contributed by atoms with Crippen molar-refractivity contribution in [2.24, 2.45) is 0 Å². The Labute approximate surface area is 292 Å². The van der Waals surface area contributed by atoms with Crippen molar-refractivity contribution in [3.63, 3.8) is 0 Å². The number of hydrogen-bond acceptors (Lipinski definition) is 7. The molecular weight excluding hydrogens is 655 g/mol. The van der Waals surface area contributed by atoms with Gasteiger partial charge in [-0.05, 0) is 48.3 Å². The van der Waals surface area contributed by atoms with E-state index in [1.807, 2.05) is 38.6 Å². The fourth-order valence-electron chi connectivity index (χ4n) is 6.34. The first-order valence-electron chi connectivity index (χ1n) is 16.7. The smallest absolute Gasteiger partial charge is 0.315 e. The van der Waals surface area contributed by atoms with Crippen molar-refractivity contribution in [2.75, 3.05) is 5.75 Å². The molecule has 0 aliphatic carbocycles. The summed E-state index contributed by atoms with van der Waals surface area (Å²) in [5.41, 5.74) is 2.45. The van der Waals surface area contributed by atoms with Gasteiger partial charge in [0.15, 0.2) is 5.78 Å². The Morgan fingerprint density at radius 2 is 1.66 bits per heavy atom. The van der Waals surface area contributed by atoms with E-state index in [2.05, 4.69) is 35.9 Å². The number of aromatic nitrogens is 4. The number of thioether (sulfide) groups is 1. The van der Waals surface area contributed by atoms with Gasteiger partial charge in [-0.2, -0.15) is 11.8 Å². The zero-order valence-corrected chi connectivity index (χ0v) is 29.0. The van der Waals surface area contributed by atoms with Crippen molar-refractivity contribution in [3.05, 3.63) is 120 Å². The molecular formula is C37H41N7O5S. The SMILES string of the molecule is CC(C)(C)c1[nH]cnc1C=c1[nH]c(=O)c(=Cc2cccc(C(=O)c3cccc(CNC(=O)CCCCC4SC[C@H]5NC(=O)N[C@@H]45)c3)c2)[nH]c1=O. The van der Waals surface area contributed by atoms with Gasteiger partial charge >= 0.3 is 6.03 Å². The van der Waals surface area contributed by atoms with Gasteiger partial charge in [0.25, 0.3) is 11.1 Å². The first-order chi connectivity index (χ1) is 23.9. The lowest BCUT2D eigenvalue weighted by Gasteiger charge is -2.16. The topological polar surface area (TPSA) is 182 Å². The lowest BCUT2D eigenvalue weighted by molar-refractivity contribution is -0.121. The molecule has 1 unspecified atom stereocenters. The third-order valence-electron chi connectivity index (χ3n) is 8.90. The highest BCUT2D eigenvalue weighted by molar-refractivity contribution is 8.00. The van der Waals surface area contributed by atoms with Crippen LogP contribution in [0.15, 0.2) is 64.4 Å². The molecule has 2 aliphatic heterocycles. The predicted molar refractivity (Wildman–Crippen MR) is 193 cm³/mol. The van der Waals surface area contributed by atoms with E-state index in [0.29, 0.717) is 40.6 Å². The monoisotopic (exact) mass is 695 g/mol. The second-order valence-electron chi connectivity index (χ2n) is 13.7. The van der Waals surface area contributed by atoms with Crippen LogP contribution < -0.4 is 37.8 Å². The van der Waals surface area contributed by atoms with Crippen LogP contribution in [0.25, 0.3) is 12.2 Å². The van der Waals surface area contributed by atoms with E-state index in [9.17, 15) is 24.0 Å². The van der Waals surface area contributed by atoms with Crippen LogP contribution in [-0.2, 0) is 16.8 Å². The van der Waals surface area contributed by atoms with E-state index in [1.165, 1.54) is 6.08 Å². The molecule has 50 heavy (non-hydrogen) atoms. The summed E-state index contributed by atoms with van der Waals surface area (Å²) < 4.78 is 0. The molecule has 13 heteroatoms. The molecule has 2 aromatic heterocycles. The molecule has 12 nitrogen and oxygen atoms in total. The van der Waals surface area contributed by atoms with Gasteiger partial charge in [-0.15, -0.1) is 0 Å². The van der Waals surface area contributed by atoms with E-state index >= 15 is 0 Å². The number of carbonyl (C=O) groups excluding carboxylic acids is 3. The minimum absolute atomic E-state index is 0.0486. The van der Waals surface area contributed by atoms with Crippen molar-refractivity contribution in [2.45, 2.75) is 75.7 Å². The molecule has 2 fully saturated rings. The number of benzene rings is 2. The molecule has 6 N–H and O–H groups in total. The van der Waals surface area contributed by atoms with Crippen molar-refractivity contribution in [1.82, 2.24) is 35.9 Å². The van der Waals surface area contributed by atoms with Gasteiger partial charge in [-0.3, -0.25) is 19.2 Å². The number of nitrogens with zero attached hydrogens (tertiary/aromatic N) is 1. The standard InChI is InChI=1S/C37H41N7O5S/c1-37(2,3)33-25(39-20-40-33)17-27-35(48)41-26(34(47)42-27)16-21-8-6-10-23(14-21)32(46)24-11-7-9-22(15-24)18-38-30(45)13-5-4-12-29-31-28(19-50-29)43-36(49)44-31/h6-11,14-17,20,28-29,31H,4-5,12-13,18-19H2,1-3H3,(H,38,45)(H,39,40)(H,41,48)(H,42,47)(H2,43,44,49)/t28-,29?,31-/m1/s1. The Morgan fingerprint density at radius 3 is 2.42 bits per heavy atom. The van der Waals surface area contributed by atoms with Crippen LogP contribution in [0.3, 0.4) is 0 Å². The number of aromatic amines is 3. The van der Waals surface area contributed by atoms with Gasteiger partial charge in [-0.25, -0.2) is 9.78 Å². The Kier molecular flexibility index (Phi) is 10.2. The van der Waals surface area contributed by atoms with E-state index in [0.717, 1.165) is 36.3 Å². The van der Waals surface area contributed by atoms with Gasteiger partial charge in [0.2, 0.25) is 5.91 Å². The van der Waals surface area contributed by atoms with Crippen LogP contribution in [0, 0.1) is 0 Å². The summed E-state index contributed by atoms with van der Waals surface area (Å²) in [7, 11) is 0. The molecule has 2 aliphatic rings. The number of unbranched alkanes of at least 4 members (excludes halogenated alkanes) is 1. The van der Waals surface area contributed by atoms with Crippen LogP contribution >= 0.6 is 11.8 Å². The number of amides is 3. The molecule has 0 radical (unpaired) electrons. The highest BCUT2D eigenvalue weighted by atomic mass is 32.2. The Morgan fingerprint density at radius 1 is 0.940 bits per heavy atom. The summed E-state index contributed by atoms with van der Waals surface area (Å²) in [6.45, 7) is 6.36. The highest BCUT2D eigenvalue weighted by Gasteiger charge is 2.42. The molecule has 2 saturated heterocycles. The maximum absolute atomic E-state index is 13.5. The number of fused-ring (bicyclic) bond motifs is 1. The molecule has 0 bridgehead atoms. The van der Waals surface area contributed by atoms with Crippen molar-refractivity contribution in [3.8, 4) is 0 Å². The molecule has 3 atom stereocenters. The molecule has 3 amide bonds. The summed E-state index contributed by atoms with van der Waals surface area (Å²) in [5.74, 6) is 0.659. The van der Waals surface area contributed by atoms with Crippen molar-refractivity contribution >= 4 is 41.6 Å². The minimum atomic E-state index is -0.488. The van der Waals surface area contributed by atoms with Crippen LogP contribution in [0.5, 0.6) is 0 Å². The van der Waals surface area contributed by atoms with E-state index in [1.54, 1.807) is 54.9 Å². The van der Waals surface area contributed by atoms with E-state index < -0.39 is 11.1 Å². The molecule has 4 aromatic rings. The molecule has 4 heterocycles. The van der Waals surface area contributed by atoms with Crippen LogP contribution in [0.2, 0.25) is 0 Å². The molecule has 0 spiro atoms. The summed E-state index contributed by atoms with van der Waals surface area (Å²) in [6, 6.07) is 14.2. The Balaban J connectivity index is 1.06. The van der Waals surface area contributed by atoms with Crippen LogP contribution in [0.4, 0.5) is 4.79 Å². The highest BCUT2D eigenvalue weighted by Crippen LogP contribution is 2.33. The van der Waals surface area contributed by atoms with Gasteiger partial charge in [0.05, 0.1) is 24.1 Å². The number of imidazole rings is 1. The average molecular weight is 696 g/mol. The van der Waals surface area contributed by atoms with E-state index in [-0.39, 0.29) is 45.9 Å². The molecule has 2 aromatic carbocycles. The number of nitrogens with one attached hydrogen (secondary N) is 6. The Hall–Kier alpha value is -5.17. The number of hydrogen-bond donors (Lipinski definition) is 6. The fraction of sp³-hybridized carbons (Fsp3) is 0.351. The predicted octanol–water partition coefficient (Wildman–Crippen LogP) is 2.31. The maximum atomic E-state index is 13.5. The first kappa shape index (κ1) is 34.7. The minimum Gasteiger partial charge on any atom is -0.352 e. The number of carbonyl (C=O) groups is 3. The van der Waals surface area contributed by atoms with Gasteiger partial charge in [-0.1, -0.05) is 63.6 Å². The zero-order valence-electron chi connectivity index (χ0n) is 28.2. The second-order valence-corrected chi connectivity index (χ2v) is 15.0. The van der Waals surface area contributed by atoms with Crippen LogP contribution in [-0.4, -0.2) is 60.7 Å². The average Bonchev–Trinajstić information content (AvgIpc) is 3.81. The quantitative estimate of drug-likeness (QED) is 0.0791. The number of ketones is 1. The van der Waals surface area contributed by atoms with Crippen molar-refractivity contribution < 1.29 is 14.4 Å². The van der Waals surface area contributed by atoms with Gasteiger partial charge in [0, 0.05) is 46.2 Å². The van der Waals surface area contributed by atoms with E-state index in [4.69, 9.17) is 0 Å². The maximum Gasteiger partial charge on any atom is 0.315 e. The second kappa shape index (κ2) is 14.8. The summed E-state index contributed by atoms with van der Waals surface area (Å²) in [4.78, 5) is 76.1. The molecule has 0 saturated carbocycles. The molecule has 6 rings (SSSR count). The van der Waals surface area contributed by atoms with Crippen LogP contribution in [0.1, 0.15) is 84.9 Å². The zero-order chi connectivity index (χ0) is 35.4. The third kappa shape index (κ3) is 8.16. The van der Waals surface area contributed by atoms with Gasteiger partial charge < -0.3 is 30.9 Å². The normalized spacial score (nSPS) is 19.3. The van der Waals surface area contributed by atoms with Crippen molar-refractivity contribution in [1.29, 1.82) is 0 Å². The summed E-state index contributed by atoms with van der Waals surface area (Å²) in [6.07, 6.45) is 7.65. The lowest BCUT2D eigenvalue weighted by Crippen LogP contribution is -2.46. The fourth-order valence-corrected chi connectivity index (χ4v) is 7.88. The Bertz CT molecular complexity index is 2160. The molecule has 260 valence electrons. The van der Waals surface area contributed by atoms with Gasteiger partial charge in [0.1, 0.15) is 10.7 Å². The largest absolute Gasteiger partial charge is 0.352 e. The number of rotatable bonds is 11. The summed E-state index contributed by atoms with van der Waals surface area (Å²) in [5, 5.41) is 9.41. The lowest BCUT2D eigenvalue weighted by atomic mass is 9.90. The number of urea groups is 1. The summed E-state index contributed by atoms with van der Waals surface area (Å²) >= 11 is 1.87. The third-order valence-corrected chi connectivity index (χ3v) is 10.4.